The van der Waals surface area contributed by atoms with Gasteiger partial charge >= 0.3 is 0 Å². The Morgan fingerprint density at radius 1 is 1.16 bits per heavy atom. The van der Waals surface area contributed by atoms with Crippen molar-refractivity contribution in [1.82, 2.24) is 20.4 Å². The van der Waals surface area contributed by atoms with Gasteiger partial charge in [0.15, 0.2) is 0 Å². The average Bonchev–Trinajstić information content (AvgIpc) is 3.22. The van der Waals surface area contributed by atoms with Crippen LogP contribution in [-0.4, -0.2) is 47.8 Å². The fraction of sp³-hybridized carbons (Fsp3) is 0.593. The summed E-state index contributed by atoms with van der Waals surface area (Å²) in [7, 11) is 0. The Hall–Kier alpha value is -1.91. The molecular weight excluding hydrogens is 380 g/mol. The van der Waals surface area contributed by atoms with Gasteiger partial charge in [0.1, 0.15) is 0 Å². The van der Waals surface area contributed by atoms with Gasteiger partial charge in [-0.3, -0.25) is 5.10 Å². The third-order valence-electron chi connectivity index (χ3n) is 7.40. The van der Waals surface area contributed by atoms with Gasteiger partial charge in [-0.1, -0.05) is 44.2 Å². The Labute approximate surface area is 188 Å². The molecule has 1 aromatic heterocycles. The molecule has 3 heterocycles. The molecule has 4 heteroatoms. The number of H-pyrrole nitrogens is 1. The summed E-state index contributed by atoms with van der Waals surface area (Å²) in [6.45, 7) is 12.9. The number of aryl methyl sites for hydroxylation is 1. The van der Waals surface area contributed by atoms with E-state index in [0.717, 1.165) is 12.8 Å². The lowest BCUT2D eigenvalue weighted by Crippen LogP contribution is -2.48. The zero-order valence-corrected chi connectivity index (χ0v) is 19.7. The molecule has 1 aromatic carbocycles. The number of nitrogens with one attached hydrogen (secondary N) is 2. The Kier molecular flexibility index (Phi) is 7.29. The standard InChI is InChI=1S/C27H40N4/c1-21(2)26-25(19-29-30-26)18-24-9-8-23(17-22(24)3)7-4-5-15-31-16-6-10-27(20-31)11-13-28-14-12-27/h4,7-9,17,19,21,28H,5-6,10-16,18,20H2,1-3H3,(H,29,30)/b7-4+. The fourth-order valence-electron chi connectivity index (χ4n) is 5.53. The summed E-state index contributed by atoms with van der Waals surface area (Å²) in [4.78, 5) is 2.71. The molecular formula is C27H40N4. The van der Waals surface area contributed by atoms with Crippen LogP contribution in [-0.2, 0) is 6.42 Å². The predicted molar refractivity (Wildman–Crippen MR) is 131 cm³/mol. The summed E-state index contributed by atoms with van der Waals surface area (Å²) in [5.41, 5.74) is 7.24. The Morgan fingerprint density at radius 3 is 2.77 bits per heavy atom. The van der Waals surface area contributed by atoms with Crippen LogP contribution in [0.25, 0.3) is 6.08 Å². The summed E-state index contributed by atoms with van der Waals surface area (Å²) >= 11 is 0. The number of rotatable bonds is 7. The molecule has 0 aliphatic carbocycles. The van der Waals surface area contributed by atoms with Crippen LogP contribution < -0.4 is 5.32 Å². The van der Waals surface area contributed by atoms with Crippen LogP contribution in [0.2, 0.25) is 0 Å². The van der Waals surface area contributed by atoms with E-state index in [2.05, 4.69) is 71.5 Å². The third kappa shape index (κ3) is 5.67. The highest BCUT2D eigenvalue weighted by Gasteiger charge is 2.35. The lowest BCUT2D eigenvalue weighted by atomic mass is 9.73. The van der Waals surface area contributed by atoms with Crippen molar-refractivity contribution in [2.24, 2.45) is 5.41 Å². The van der Waals surface area contributed by atoms with E-state index >= 15 is 0 Å². The molecule has 0 radical (unpaired) electrons. The first-order valence-electron chi connectivity index (χ1n) is 12.3. The van der Waals surface area contributed by atoms with Gasteiger partial charge in [0.2, 0.25) is 0 Å². The maximum Gasteiger partial charge on any atom is 0.0525 e. The van der Waals surface area contributed by atoms with E-state index < -0.39 is 0 Å². The first-order chi connectivity index (χ1) is 15.0. The number of hydrogen-bond acceptors (Lipinski definition) is 3. The predicted octanol–water partition coefficient (Wildman–Crippen LogP) is 5.30. The zero-order valence-electron chi connectivity index (χ0n) is 19.7. The first-order valence-corrected chi connectivity index (χ1v) is 12.3. The van der Waals surface area contributed by atoms with Crippen LogP contribution in [0.4, 0.5) is 0 Å². The Morgan fingerprint density at radius 2 is 2.00 bits per heavy atom. The SMILES string of the molecule is Cc1cc(/C=C/CCN2CCCC3(CCNCC3)C2)ccc1Cc1cn[nH]c1C(C)C. The number of nitrogens with zero attached hydrogens (tertiary/aromatic N) is 2. The number of benzene rings is 1. The summed E-state index contributed by atoms with van der Waals surface area (Å²) in [5.74, 6) is 0.476. The van der Waals surface area contributed by atoms with Gasteiger partial charge in [-0.25, -0.2) is 0 Å². The molecule has 2 saturated heterocycles. The van der Waals surface area contributed by atoms with Crippen LogP contribution in [0.15, 0.2) is 30.5 Å². The lowest BCUT2D eigenvalue weighted by Gasteiger charge is -2.45. The van der Waals surface area contributed by atoms with E-state index in [4.69, 9.17) is 0 Å². The molecule has 4 nitrogen and oxygen atoms in total. The van der Waals surface area contributed by atoms with E-state index in [0.29, 0.717) is 11.3 Å². The fourth-order valence-corrected chi connectivity index (χ4v) is 5.53. The molecule has 2 aromatic rings. The van der Waals surface area contributed by atoms with Crippen molar-refractivity contribution in [3.05, 3.63) is 58.4 Å². The van der Waals surface area contributed by atoms with Crippen LogP contribution >= 0.6 is 0 Å². The van der Waals surface area contributed by atoms with Crippen molar-refractivity contribution in [3.8, 4) is 0 Å². The average molecular weight is 421 g/mol. The normalized spacial score (nSPS) is 19.6. The smallest absolute Gasteiger partial charge is 0.0525 e. The summed E-state index contributed by atoms with van der Waals surface area (Å²) in [6.07, 6.45) is 14.3. The van der Waals surface area contributed by atoms with E-state index in [9.17, 15) is 0 Å². The highest BCUT2D eigenvalue weighted by atomic mass is 15.1. The Balaban J connectivity index is 1.29. The number of hydrogen-bond donors (Lipinski definition) is 2. The molecule has 0 bridgehead atoms. The molecule has 2 fully saturated rings. The van der Waals surface area contributed by atoms with Crippen LogP contribution in [0.1, 0.15) is 79.8 Å². The minimum absolute atomic E-state index is 0.476. The second-order valence-corrected chi connectivity index (χ2v) is 10.1. The molecule has 1 spiro atoms. The topological polar surface area (TPSA) is 44.0 Å². The van der Waals surface area contributed by atoms with Gasteiger partial charge in [0, 0.05) is 25.2 Å². The maximum absolute atomic E-state index is 4.26. The molecule has 0 saturated carbocycles. The molecule has 0 amide bonds. The van der Waals surface area contributed by atoms with Gasteiger partial charge in [-0.2, -0.15) is 5.10 Å². The van der Waals surface area contributed by atoms with Crippen molar-refractivity contribution >= 4 is 6.08 Å². The van der Waals surface area contributed by atoms with Crippen LogP contribution in [0.5, 0.6) is 0 Å². The molecule has 31 heavy (non-hydrogen) atoms. The Bertz CT molecular complexity index is 868. The van der Waals surface area contributed by atoms with E-state index in [1.807, 2.05) is 6.20 Å². The van der Waals surface area contributed by atoms with E-state index in [1.54, 1.807) is 0 Å². The monoisotopic (exact) mass is 420 g/mol. The summed E-state index contributed by atoms with van der Waals surface area (Å²) < 4.78 is 0. The van der Waals surface area contributed by atoms with E-state index in [-0.39, 0.29) is 0 Å². The molecule has 2 aliphatic heterocycles. The highest BCUT2D eigenvalue weighted by Crippen LogP contribution is 2.38. The third-order valence-corrected chi connectivity index (χ3v) is 7.40. The van der Waals surface area contributed by atoms with Crippen LogP contribution in [0, 0.1) is 12.3 Å². The van der Waals surface area contributed by atoms with E-state index in [1.165, 1.54) is 86.4 Å². The van der Waals surface area contributed by atoms with Crippen LogP contribution in [0.3, 0.4) is 0 Å². The number of aromatic amines is 1. The second kappa shape index (κ2) is 10.1. The van der Waals surface area contributed by atoms with Crippen molar-refractivity contribution in [2.45, 2.75) is 65.2 Å². The largest absolute Gasteiger partial charge is 0.317 e. The van der Waals surface area contributed by atoms with Gasteiger partial charge in [-0.15, -0.1) is 0 Å². The quantitative estimate of drug-likeness (QED) is 0.639. The van der Waals surface area contributed by atoms with Crippen molar-refractivity contribution < 1.29 is 0 Å². The second-order valence-electron chi connectivity index (χ2n) is 10.1. The number of piperidine rings is 2. The zero-order chi connectivity index (χ0) is 21.7. The van der Waals surface area contributed by atoms with Gasteiger partial charge in [0.05, 0.1) is 6.20 Å². The number of aromatic nitrogens is 2. The molecule has 0 unspecified atom stereocenters. The summed E-state index contributed by atoms with van der Waals surface area (Å²) in [6, 6.07) is 6.88. The minimum Gasteiger partial charge on any atom is -0.317 e. The molecule has 2 aliphatic rings. The van der Waals surface area contributed by atoms with Crippen molar-refractivity contribution in [1.29, 1.82) is 0 Å². The lowest BCUT2D eigenvalue weighted by molar-refractivity contribution is 0.0608. The highest BCUT2D eigenvalue weighted by molar-refractivity contribution is 5.52. The van der Waals surface area contributed by atoms with Gasteiger partial charge in [-0.05, 0) is 92.2 Å². The van der Waals surface area contributed by atoms with Crippen molar-refractivity contribution in [3.63, 3.8) is 0 Å². The van der Waals surface area contributed by atoms with Gasteiger partial charge < -0.3 is 10.2 Å². The summed E-state index contributed by atoms with van der Waals surface area (Å²) in [5, 5.41) is 11.0. The molecule has 0 atom stereocenters. The molecule has 168 valence electrons. The molecule has 2 N–H and O–H groups in total. The molecule has 4 rings (SSSR count). The number of likely N-dealkylation sites (tertiary alicyclic amines) is 1. The van der Waals surface area contributed by atoms with Gasteiger partial charge in [0.25, 0.3) is 0 Å². The minimum atomic E-state index is 0.476. The maximum atomic E-state index is 4.26. The first kappa shape index (κ1) is 22.3. The van der Waals surface area contributed by atoms with Crippen molar-refractivity contribution in [2.75, 3.05) is 32.7 Å².